The molecular weight excluding hydrogens is 302 g/mol. The number of rotatable bonds is 4. The van der Waals surface area contributed by atoms with Gasteiger partial charge in [-0.1, -0.05) is 12.1 Å². The average Bonchev–Trinajstić information content (AvgIpc) is 2.49. The molecule has 23 heavy (non-hydrogen) atoms. The largest absolute Gasteiger partial charge is 0.508 e. The molecule has 0 spiro atoms. The van der Waals surface area contributed by atoms with Gasteiger partial charge in [0.15, 0.2) is 0 Å². The Morgan fingerprint density at radius 1 is 1.00 bits per heavy atom. The number of carbonyl (C=O) groups is 2. The SMILES string of the molecule is N[C@@H](Cc1ccc(O)cc1)C(=O)OC(=O)c1ccc(O)cc1O. The van der Waals surface area contributed by atoms with E-state index in [9.17, 15) is 19.8 Å². The van der Waals surface area contributed by atoms with Crippen LogP contribution in [0.25, 0.3) is 0 Å². The van der Waals surface area contributed by atoms with Gasteiger partial charge in [-0.2, -0.15) is 0 Å². The minimum Gasteiger partial charge on any atom is -0.508 e. The van der Waals surface area contributed by atoms with E-state index in [0.29, 0.717) is 5.56 Å². The summed E-state index contributed by atoms with van der Waals surface area (Å²) in [5.74, 6) is -2.66. The molecule has 0 aliphatic carbocycles. The molecule has 0 aromatic heterocycles. The lowest BCUT2D eigenvalue weighted by molar-refractivity contribution is -0.139. The molecule has 5 N–H and O–H groups in total. The fraction of sp³-hybridized carbons (Fsp3) is 0.125. The monoisotopic (exact) mass is 317 g/mol. The number of esters is 2. The van der Waals surface area contributed by atoms with Crippen LogP contribution in [-0.2, 0) is 16.0 Å². The normalized spacial score (nSPS) is 11.7. The third kappa shape index (κ3) is 4.21. The molecule has 0 aliphatic heterocycles. The number of ether oxygens (including phenoxy) is 1. The lowest BCUT2D eigenvalue weighted by Crippen LogP contribution is -2.35. The highest BCUT2D eigenvalue weighted by Crippen LogP contribution is 2.23. The lowest BCUT2D eigenvalue weighted by atomic mass is 10.1. The molecule has 0 radical (unpaired) electrons. The molecule has 0 heterocycles. The van der Waals surface area contributed by atoms with E-state index in [4.69, 9.17) is 10.8 Å². The summed E-state index contributed by atoms with van der Waals surface area (Å²) < 4.78 is 4.62. The van der Waals surface area contributed by atoms with Crippen LogP contribution in [0.2, 0.25) is 0 Å². The molecular formula is C16H15NO6. The molecule has 0 amide bonds. The Labute approximate surface area is 131 Å². The van der Waals surface area contributed by atoms with Gasteiger partial charge in [-0.25, -0.2) is 9.59 Å². The number of aromatic hydroxyl groups is 3. The van der Waals surface area contributed by atoms with Gasteiger partial charge in [0, 0.05) is 6.07 Å². The fourth-order valence-electron chi connectivity index (χ4n) is 1.88. The van der Waals surface area contributed by atoms with Gasteiger partial charge in [0.05, 0.1) is 0 Å². The number of phenols is 3. The molecule has 2 rings (SSSR count). The number of hydrogen-bond donors (Lipinski definition) is 4. The van der Waals surface area contributed by atoms with Crippen LogP contribution < -0.4 is 5.73 Å². The molecule has 2 aromatic rings. The topological polar surface area (TPSA) is 130 Å². The summed E-state index contributed by atoms with van der Waals surface area (Å²) in [6, 6.07) is 8.27. The number of carbonyl (C=O) groups excluding carboxylic acids is 2. The first kappa shape index (κ1) is 16.3. The first-order chi connectivity index (χ1) is 10.9. The van der Waals surface area contributed by atoms with Crippen molar-refractivity contribution < 1.29 is 29.6 Å². The Balaban J connectivity index is 2.00. The van der Waals surface area contributed by atoms with Crippen LogP contribution in [0.4, 0.5) is 0 Å². The van der Waals surface area contributed by atoms with Gasteiger partial charge in [0.25, 0.3) is 0 Å². The molecule has 1 atom stereocenters. The highest BCUT2D eigenvalue weighted by molar-refractivity contribution is 6.00. The van der Waals surface area contributed by atoms with Crippen molar-refractivity contribution in [1.29, 1.82) is 0 Å². The van der Waals surface area contributed by atoms with Gasteiger partial charge in [-0.05, 0) is 36.2 Å². The predicted molar refractivity (Wildman–Crippen MR) is 80.0 cm³/mol. The van der Waals surface area contributed by atoms with E-state index < -0.39 is 23.7 Å². The smallest absolute Gasteiger partial charge is 0.349 e. The van der Waals surface area contributed by atoms with Crippen molar-refractivity contribution in [3.8, 4) is 17.2 Å². The average molecular weight is 317 g/mol. The molecule has 0 saturated carbocycles. The second-order valence-corrected chi connectivity index (χ2v) is 4.89. The van der Waals surface area contributed by atoms with Crippen LogP contribution in [-0.4, -0.2) is 33.3 Å². The molecule has 7 heteroatoms. The van der Waals surface area contributed by atoms with E-state index in [1.807, 2.05) is 0 Å². The highest BCUT2D eigenvalue weighted by Gasteiger charge is 2.22. The van der Waals surface area contributed by atoms with E-state index in [0.717, 1.165) is 12.1 Å². The fourth-order valence-corrected chi connectivity index (χ4v) is 1.88. The Morgan fingerprint density at radius 2 is 1.61 bits per heavy atom. The van der Waals surface area contributed by atoms with E-state index in [1.54, 1.807) is 12.1 Å². The summed E-state index contributed by atoms with van der Waals surface area (Å²) in [6.07, 6.45) is 0.119. The van der Waals surface area contributed by atoms with Crippen molar-refractivity contribution >= 4 is 11.9 Å². The standard InChI is InChI=1S/C16H15NO6/c17-13(7-9-1-3-10(18)4-2-9)16(22)23-15(21)12-6-5-11(19)8-14(12)20/h1-6,8,13,18-20H,7,17H2/t13-/m0/s1. The van der Waals surface area contributed by atoms with Crippen molar-refractivity contribution in [1.82, 2.24) is 0 Å². The van der Waals surface area contributed by atoms with E-state index in [1.165, 1.54) is 18.2 Å². The Hall–Kier alpha value is -3.06. The molecule has 2 aromatic carbocycles. The van der Waals surface area contributed by atoms with E-state index in [2.05, 4.69) is 4.74 Å². The third-order valence-corrected chi connectivity index (χ3v) is 3.09. The molecule has 0 aliphatic rings. The maximum Gasteiger partial charge on any atom is 0.349 e. The van der Waals surface area contributed by atoms with Gasteiger partial charge in [-0.3, -0.25) is 0 Å². The number of benzene rings is 2. The van der Waals surface area contributed by atoms with Gasteiger partial charge >= 0.3 is 11.9 Å². The number of hydrogen-bond acceptors (Lipinski definition) is 7. The van der Waals surface area contributed by atoms with Gasteiger partial charge in [-0.15, -0.1) is 0 Å². The van der Waals surface area contributed by atoms with Crippen molar-refractivity contribution in [3.05, 3.63) is 53.6 Å². The maximum absolute atomic E-state index is 11.8. The zero-order valence-electron chi connectivity index (χ0n) is 12.0. The van der Waals surface area contributed by atoms with Crippen LogP contribution in [0.3, 0.4) is 0 Å². The molecule has 7 nitrogen and oxygen atoms in total. The summed E-state index contributed by atoms with van der Waals surface area (Å²) in [7, 11) is 0. The summed E-state index contributed by atoms with van der Waals surface area (Å²) in [5, 5.41) is 27.9. The molecule has 0 saturated heterocycles. The van der Waals surface area contributed by atoms with Crippen LogP contribution in [0.1, 0.15) is 15.9 Å². The van der Waals surface area contributed by atoms with Crippen molar-refractivity contribution in [2.75, 3.05) is 0 Å². The van der Waals surface area contributed by atoms with E-state index in [-0.39, 0.29) is 23.5 Å². The lowest BCUT2D eigenvalue weighted by Gasteiger charge is -2.11. The number of nitrogens with two attached hydrogens (primary N) is 1. The minimum atomic E-state index is -1.08. The zero-order chi connectivity index (χ0) is 17.0. The second kappa shape index (κ2) is 6.80. The quantitative estimate of drug-likeness (QED) is 0.490. The van der Waals surface area contributed by atoms with Crippen molar-refractivity contribution in [3.63, 3.8) is 0 Å². The zero-order valence-corrected chi connectivity index (χ0v) is 12.0. The van der Waals surface area contributed by atoms with E-state index >= 15 is 0 Å². The van der Waals surface area contributed by atoms with Crippen LogP contribution in [0.15, 0.2) is 42.5 Å². The Morgan fingerprint density at radius 3 is 2.22 bits per heavy atom. The summed E-state index contributed by atoms with van der Waals surface area (Å²) >= 11 is 0. The van der Waals surface area contributed by atoms with Crippen molar-refractivity contribution in [2.45, 2.75) is 12.5 Å². The molecule has 0 unspecified atom stereocenters. The molecule has 120 valence electrons. The van der Waals surface area contributed by atoms with Crippen LogP contribution in [0, 0.1) is 0 Å². The van der Waals surface area contributed by atoms with Gasteiger partial charge < -0.3 is 25.8 Å². The molecule has 0 fully saturated rings. The van der Waals surface area contributed by atoms with Gasteiger partial charge in [0.2, 0.25) is 0 Å². The predicted octanol–water partition coefficient (Wildman–Crippen LogP) is 1.06. The number of phenolic OH excluding ortho intramolecular Hbond substituents is 3. The highest BCUT2D eigenvalue weighted by atomic mass is 16.6. The Bertz CT molecular complexity index is 726. The third-order valence-electron chi connectivity index (χ3n) is 3.09. The summed E-state index contributed by atoms with van der Waals surface area (Å²) in [5.41, 5.74) is 6.11. The maximum atomic E-state index is 11.8. The van der Waals surface area contributed by atoms with Crippen LogP contribution >= 0.6 is 0 Å². The second-order valence-electron chi connectivity index (χ2n) is 4.89. The summed E-state index contributed by atoms with van der Waals surface area (Å²) in [4.78, 5) is 23.6. The molecule has 0 bridgehead atoms. The Kier molecular flexibility index (Phi) is 4.82. The van der Waals surface area contributed by atoms with Crippen LogP contribution in [0.5, 0.6) is 17.2 Å². The summed E-state index contributed by atoms with van der Waals surface area (Å²) in [6.45, 7) is 0. The minimum absolute atomic E-state index is 0.0860. The van der Waals surface area contributed by atoms with Crippen molar-refractivity contribution in [2.24, 2.45) is 5.73 Å². The first-order valence-electron chi connectivity index (χ1n) is 6.68. The first-order valence-corrected chi connectivity index (χ1v) is 6.68. The van der Waals surface area contributed by atoms with Gasteiger partial charge in [0.1, 0.15) is 28.9 Å².